The van der Waals surface area contributed by atoms with E-state index < -0.39 is 0 Å². The van der Waals surface area contributed by atoms with Crippen LogP contribution in [0.3, 0.4) is 0 Å². The third-order valence-electron chi connectivity index (χ3n) is 5.11. The minimum atomic E-state index is 0. The first-order valence-electron chi connectivity index (χ1n) is 10.4. The van der Waals surface area contributed by atoms with Crippen LogP contribution in [0.1, 0.15) is 29.4 Å². The van der Waals surface area contributed by atoms with Crippen LogP contribution in [0, 0.1) is 6.92 Å². The largest absolute Gasteiger partial charge is 0.493 e. The van der Waals surface area contributed by atoms with Crippen molar-refractivity contribution < 1.29 is 4.74 Å². The van der Waals surface area contributed by atoms with E-state index in [-0.39, 0.29) is 24.0 Å². The van der Waals surface area contributed by atoms with E-state index in [1.165, 1.54) is 11.1 Å². The zero-order chi connectivity index (χ0) is 20.8. The van der Waals surface area contributed by atoms with Crippen LogP contribution in [0.5, 0.6) is 5.75 Å². The Morgan fingerprint density at radius 3 is 2.77 bits per heavy atom. The molecule has 0 atom stereocenters. The molecule has 2 N–H and O–H groups in total. The highest BCUT2D eigenvalue weighted by atomic mass is 127. The van der Waals surface area contributed by atoms with Crippen molar-refractivity contribution in [3.05, 3.63) is 71.4 Å². The summed E-state index contributed by atoms with van der Waals surface area (Å²) in [5, 5.41) is 6.73. The Balaban J connectivity index is 0.00000272. The molecule has 3 aromatic rings. The van der Waals surface area contributed by atoms with Crippen LogP contribution in [-0.4, -0.2) is 40.2 Å². The maximum atomic E-state index is 5.58. The third kappa shape index (κ3) is 5.96. The Bertz CT molecular complexity index is 1020. The maximum absolute atomic E-state index is 5.58. The maximum Gasteiger partial charge on any atom is 0.191 e. The fraction of sp³-hybridized carbons (Fsp3) is 0.348. The number of hydrogen-bond donors (Lipinski definition) is 2. The first kappa shape index (κ1) is 23.1. The lowest BCUT2D eigenvalue weighted by molar-refractivity contribution is 0.357. The predicted molar refractivity (Wildman–Crippen MR) is 134 cm³/mol. The third-order valence-corrected chi connectivity index (χ3v) is 5.11. The molecule has 7 nitrogen and oxygen atoms in total. The van der Waals surface area contributed by atoms with Crippen LogP contribution in [0.25, 0.3) is 5.82 Å². The smallest absolute Gasteiger partial charge is 0.191 e. The fourth-order valence-corrected chi connectivity index (χ4v) is 3.51. The number of rotatable bonds is 7. The number of ether oxygens (including phenoxy) is 1. The van der Waals surface area contributed by atoms with Crippen molar-refractivity contribution in [2.75, 3.05) is 19.7 Å². The van der Waals surface area contributed by atoms with Crippen LogP contribution in [-0.2, 0) is 19.4 Å². The minimum Gasteiger partial charge on any atom is -0.493 e. The van der Waals surface area contributed by atoms with E-state index in [1.54, 1.807) is 6.20 Å². The number of benzene rings is 1. The number of hydrogen-bond acceptors (Lipinski definition) is 4. The average Bonchev–Trinajstić information content (AvgIpc) is 3.41. The van der Waals surface area contributed by atoms with Gasteiger partial charge in [0.1, 0.15) is 17.4 Å². The lowest BCUT2D eigenvalue weighted by Crippen LogP contribution is -2.38. The molecule has 2 aromatic heterocycles. The lowest BCUT2D eigenvalue weighted by atomic mass is 10.1. The van der Waals surface area contributed by atoms with E-state index in [0.29, 0.717) is 6.54 Å². The van der Waals surface area contributed by atoms with Gasteiger partial charge in [-0.15, -0.1) is 24.0 Å². The molecule has 0 unspecified atom stereocenters. The van der Waals surface area contributed by atoms with Gasteiger partial charge in [0.2, 0.25) is 0 Å². The second-order valence-electron chi connectivity index (χ2n) is 7.28. The van der Waals surface area contributed by atoms with Gasteiger partial charge >= 0.3 is 0 Å². The number of aryl methyl sites for hydroxylation is 1. The highest BCUT2D eigenvalue weighted by Crippen LogP contribution is 2.25. The normalized spacial score (nSPS) is 12.6. The lowest BCUT2D eigenvalue weighted by Gasteiger charge is -2.12. The van der Waals surface area contributed by atoms with E-state index in [1.807, 2.05) is 30.0 Å². The molecule has 0 saturated carbocycles. The van der Waals surface area contributed by atoms with Crippen molar-refractivity contribution in [1.29, 1.82) is 0 Å². The monoisotopic (exact) mass is 532 g/mol. The van der Waals surface area contributed by atoms with Gasteiger partial charge in [0.05, 0.1) is 13.2 Å². The molecular formula is C23H29IN6O. The molecule has 1 aliphatic rings. The van der Waals surface area contributed by atoms with E-state index >= 15 is 0 Å². The van der Waals surface area contributed by atoms with Gasteiger partial charge in [-0.1, -0.05) is 18.2 Å². The molecular weight excluding hydrogens is 503 g/mol. The molecule has 0 radical (unpaired) electrons. The molecule has 31 heavy (non-hydrogen) atoms. The first-order chi connectivity index (χ1) is 14.7. The molecule has 3 heterocycles. The molecule has 0 fully saturated rings. The summed E-state index contributed by atoms with van der Waals surface area (Å²) in [4.78, 5) is 13.5. The summed E-state index contributed by atoms with van der Waals surface area (Å²) < 4.78 is 7.54. The Morgan fingerprint density at radius 1 is 1.16 bits per heavy atom. The molecule has 4 rings (SSSR count). The van der Waals surface area contributed by atoms with E-state index in [2.05, 4.69) is 51.8 Å². The van der Waals surface area contributed by atoms with Gasteiger partial charge in [0.15, 0.2) is 5.96 Å². The quantitative estimate of drug-likeness (QED) is 0.277. The minimum absolute atomic E-state index is 0. The topological polar surface area (TPSA) is 76.4 Å². The zero-order valence-electron chi connectivity index (χ0n) is 18.0. The van der Waals surface area contributed by atoms with Crippen LogP contribution >= 0.6 is 24.0 Å². The van der Waals surface area contributed by atoms with E-state index in [4.69, 9.17) is 9.73 Å². The number of nitrogens with one attached hydrogen (secondary N) is 2. The number of aliphatic imine (C=N–C) groups is 1. The first-order valence-corrected chi connectivity index (χ1v) is 10.4. The number of guanidine groups is 1. The second kappa shape index (κ2) is 11.1. The number of aromatic nitrogens is 3. The molecule has 0 amide bonds. The molecule has 1 aromatic carbocycles. The van der Waals surface area contributed by atoms with Crippen LogP contribution < -0.4 is 15.4 Å². The Hall–Kier alpha value is -2.62. The molecule has 1 aliphatic heterocycles. The summed E-state index contributed by atoms with van der Waals surface area (Å²) in [6.07, 6.45) is 7.51. The predicted octanol–water partition coefficient (Wildman–Crippen LogP) is 3.43. The fourth-order valence-electron chi connectivity index (χ4n) is 3.51. The van der Waals surface area contributed by atoms with E-state index in [0.717, 1.165) is 61.5 Å². The summed E-state index contributed by atoms with van der Waals surface area (Å²) in [5.74, 6) is 3.63. The van der Waals surface area contributed by atoms with Gasteiger partial charge in [0.25, 0.3) is 0 Å². The van der Waals surface area contributed by atoms with Crippen molar-refractivity contribution in [3.63, 3.8) is 0 Å². The average molecular weight is 532 g/mol. The Kier molecular flexibility index (Phi) is 8.27. The summed E-state index contributed by atoms with van der Waals surface area (Å²) >= 11 is 0. The van der Waals surface area contributed by atoms with Gasteiger partial charge in [-0.3, -0.25) is 4.57 Å². The molecule has 0 aliphatic carbocycles. The van der Waals surface area contributed by atoms with Crippen molar-refractivity contribution in [2.45, 2.75) is 33.2 Å². The Morgan fingerprint density at radius 2 is 2.03 bits per heavy atom. The number of fused-ring (bicyclic) bond motifs is 1. The van der Waals surface area contributed by atoms with Gasteiger partial charge < -0.3 is 15.4 Å². The van der Waals surface area contributed by atoms with Crippen LogP contribution in [0.2, 0.25) is 0 Å². The summed E-state index contributed by atoms with van der Waals surface area (Å²) in [6, 6.07) is 10.5. The number of pyridine rings is 1. The van der Waals surface area contributed by atoms with E-state index in [9.17, 15) is 0 Å². The molecule has 164 valence electrons. The highest BCUT2D eigenvalue weighted by Gasteiger charge is 2.11. The van der Waals surface area contributed by atoms with Crippen molar-refractivity contribution in [2.24, 2.45) is 4.99 Å². The van der Waals surface area contributed by atoms with Crippen molar-refractivity contribution in [1.82, 2.24) is 25.2 Å². The summed E-state index contributed by atoms with van der Waals surface area (Å²) in [5.41, 5.74) is 3.69. The van der Waals surface area contributed by atoms with Crippen molar-refractivity contribution in [3.8, 4) is 11.6 Å². The zero-order valence-corrected chi connectivity index (χ0v) is 20.3. The summed E-state index contributed by atoms with van der Waals surface area (Å²) in [7, 11) is 0. The van der Waals surface area contributed by atoms with Gasteiger partial charge in [-0.2, -0.15) is 0 Å². The number of nitrogens with zero attached hydrogens (tertiary/aromatic N) is 4. The standard InChI is InChI=1S/C23H28N6O.HI/c1-3-24-23(26-10-8-18-4-6-21-20(14-18)9-13-30-21)28-16-19-5-7-22(27-15-19)29-12-11-25-17(29)2;/h4-7,11-12,14-15H,3,8-10,13,16H2,1-2H3,(H2,24,26,28);1H. The number of halogens is 1. The molecule has 0 saturated heterocycles. The molecule has 0 bridgehead atoms. The number of imidazole rings is 1. The molecule has 8 heteroatoms. The summed E-state index contributed by atoms with van der Waals surface area (Å²) in [6.45, 7) is 7.04. The Labute approximate surface area is 200 Å². The van der Waals surface area contributed by atoms with Crippen LogP contribution in [0.4, 0.5) is 0 Å². The second-order valence-corrected chi connectivity index (χ2v) is 7.28. The van der Waals surface area contributed by atoms with Crippen molar-refractivity contribution >= 4 is 29.9 Å². The van der Waals surface area contributed by atoms with Gasteiger partial charge in [-0.25, -0.2) is 15.0 Å². The highest BCUT2D eigenvalue weighted by molar-refractivity contribution is 14.0. The van der Waals surface area contributed by atoms with Gasteiger partial charge in [-0.05, 0) is 49.1 Å². The van der Waals surface area contributed by atoms with Crippen LogP contribution in [0.15, 0.2) is 53.9 Å². The molecule has 0 spiro atoms. The SMILES string of the molecule is CCNC(=NCc1ccc(-n2ccnc2C)nc1)NCCc1ccc2c(c1)CCO2.I. The van der Waals surface area contributed by atoms with Gasteiger partial charge in [0, 0.05) is 38.1 Å².